The maximum Gasteiger partial charge on any atom is 0.329 e. The first kappa shape index (κ1) is 14.7. The molecule has 0 heterocycles. The first-order chi connectivity index (χ1) is 9.04. The topological polar surface area (TPSA) is 111 Å². The SMILES string of the molecule is COc1ccc([N+](=O)[O-])c(NCCOCC(=O)O)c1. The van der Waals surface area contributed by atoms with Crippen molar-refractivity contribution in [3.63, 3.8) is 0 Å². The van der Waals surface area contributed by atoms with Gasteiger partial charge in [0.05, 0.1) is 18.6 Å². The zero-order valence-corrected chi connectivity index (χ0v) is 10.3. The summed E-state index contributed by atoms with van der Waals surface area (Å²) in [5, 5.41) is 22.0. The number of rotatable bonds is 8. The quantitative estimate of drug-likeness (QED) is 0.413. The number of anilines is 1. The van der Waals surface area contributed by atoms with Gasteiger partial charge < -0.3 is 19.9 Å². The average molecular weight is 270 g/mol. The largest absolute Gasteiger partial charge is 0.497 e. The van der Waals surface area contributed by atoms with Gasteiger partial charge in [-0.15, -0.1) is 0 Å². The number of hydrogen-bond acceptors (Lipinski definition) is 6. The van der Waals surface area contributed by atoms with Crippen LogP contribution in [0.1, 0.15) is 0 Å². The van der Waals surface area contributed by atoms with E-state index in [4.69, 9.17) is 14.6 Å². The van der Waals surface area contributed by atoms with Gasteiger partial charge in [-0.3, -0.25) is 10.1 Å². The van der Waals surface area contributed by atoms with Gasteiger partial charge in [0.25, 0.3) is 5.69 Å². The molecule has 0 spiro atoms. The van der Waals surface area contributed by atoms with Crippen LogP contribution in [0.5, 0.6) is 5.75 Å². The Labute approximate surface area is 109 Å². The van der Waals surface area contributed by atoms with Crippen LogP contribution in [0, 0.1) is 10.1 Å². The number of carbonyl (C=O) groups is 1. The highest BCUT2D eigenvalue weighted by Gasteiger charge is 2.14. The highest BCUT2D eigenvalue weighted by atomic mass is 16.6. The predicted octanol–water partition coefficient (Wildman–Crippen LogP) is 1.12. The van der Waals surface area contributed by atoms with E-state index in [0.29, 0.717) is 11.4 Å². The Kier molecular flexibility index (Phi) is 5.55. The molecule has 0 aliphatic rings. The molecule has 0 saturated heterocycles. The smallest absolute Gasteiger partial charge is 0.329 e. The van der Waals surface area contributed by atoms with E-state index in [-0.39, 0.29) is 18.8 Å². The number of methoxy groups -OCH3 is 1. The van der Waals surface area contributed by atoms with Crippen molar-refractivity contribution >= 4 is 17.3 Å². The molecular formula is C11H14N2O6. The molecule has 0 aliphatic carbocycles. The lowest BCUT2D eigenvalue weighted by Crippen LogP contribution is -2.14. The van der Waals surface area contributed by atoms with E-state index in [0.717, 1.165) is 0 Å². The summed E-state index contributed by atoms with van der Waals surface area (Å²) < 4.78 is 9.79. The van der Waals surface area contributed by atoms with E-state index < -0.39 is 17.5 Å². The summed E-state index contributed by atoms with van der Waals surface area (Å²) in [7, 11) is 1.46. The number of nitro groups is 1. The van der Waals surface area contributed by atoms with Gasteiger partial charge in [0.15, 0.2) is 0 Å². The van der Waals surface area contributed by atoms with Gasteiger partial charge in [0.1, 0.15) is 18.0 Å². The molecule has 0 radical (unpaired) electrons. The van der Waals surface area contributed by atoms with Crippen LogP contribution in [0.4, 0.5) is 11.4 Å². The second-order valence-electron chi connectivity index (χ2n) is 3.51. The lowest BCUT2D eigenvalue weighted by molar-refractivity contribution is -0.384. The summed E-state index contributed by atoms with van der Waals surface area (Å²) in [5.74, 6) is -0.577. The minimum atomic E-state index is -1.06. The number of aliphatic carboxylic acids is 1. The summed E-state index contributed by atoms with van der Waals surface area (Å²) >= 11 is 0. The van der Waals surface area contributed by atoms with E-state index in [1.807, 2.05) is 0 Å². The molecule has 0 atom stereocenters. The standard InChI is InChI=1S/C11H14N2O6/c1-18-8-2-3-10(13(16)17)9(6-8)12-4-5-19-7-11(14)15/h2-3,6,12H,4-5,7H2,1H3,(H,14,15). The van der Waals surface area contributed by atoms with Gasteiger partial charge in [0.2, 0.25) is 0 Å². The lowest BCUT2D eigenvalue weighted by Gasteiger charge is -2.08. The lowest BCUT2D eigenvalue weighted by atomic mass is 10.2. The molecule has 8 heteroatoms. The Hall–Kier alpha value is -2.35. The zero-order valence-electron chi connectivity index (χ0n) is 10.3. The van der Waals surface area contributed by atoms with Gasteiger partial charge in [-0.25, -0.2) is 4.79 Å². The first-order valence-corrected chi connectivity index (χ1v) is 5.40. The summed E-state index contributed by atoms with van der Waals surface area (Å²) in [6, 6.07) is 4.32. The fraction of sp³-hybridized carbons (Fsp3) is 0.364. The van der Waals surface area contributed by atoms with Crippen molar-refractivity contribution < 1.29 is 24.3 Å². The van der Waals surface area contributed by atoms with E-state index in [9.17, 15) is 14.9 Å². The Morgan fingerprint density at radius 2 is 2.26 bits per heavy atom. The first-order valence-electron chi connectivity index (χ1n) is 5.40. The fourth-order valence-corrected chi connectivity index (χ4v) is 1.36. The van der Waals surface area contributed by atoms with Crippen LogP contribution >= 0.6 is 0 Å². The third-order valence-corrected chi connectivity index (χ3v) is 2.19. The molecule has 0 fully saturated rings. The van der Waals surface area contributed by atoms with Gasteiger partial charge >= 0.3 is 5.97 Å². The number of nitro benzene ring substituents is 1. The molecule has 2 N–H and O–H groups in total. The third-order valence-electron chi connectivity index (χ3n) is 2.19. The molecule has 0 unspecified atom stereocenters. The van der Waals surface area contributed by atoms with Crippen LogP contribution in [-0.4, -0.2) is 42.9 Å². The highest BCUT2D eigenvalue weighted by molar-refractivity contribution is 5.68. The zero-order chi connectivity index (χ0) is 14.3. The summed E-state index contributed by atoms with van der Waals surface area (Å²) in [6.07, 6.45) is 0. The molecular weight excluding hydrogens is 256 g/mol. The van der Waals surface area contributed by atoms with E-state index in [1.165, 1.54) is 25.3 Å². The van der Waals surface area contributed by atoms with E-state index in [1.54, 1.807) is 0 Å². The Bertz CT molecular complexity index is 462. The molecule has 1 aromatic carbocycles. The predicted molar refractivity (Wildman–Crippen MR) is 66.6 cm³/mol. The molecule has 0 aliphatic heterocycles. The van der Waals surface area contributed by atoms with Crippen molar-refractivity contribution in [1.29, 1.82) is 0 Å². The average Bonchev–Trinajstić information content (AvgIpc) is 2.37. The van der Waals surface area contributed by atoms with Gasteiger partial charge in [-0.2, -0.15) is 0 Å². The van der Waals surface area contributed by atoms with Crippen LogP contribution < -0.4 is 10.1 Å². The maximum absolute atomic E-state index is 10.8. The van der Waals surface area contributed by atoms with Crippen molar-refractivity contribution in [2.45, 2.75) is 0 Å². The van der Waals surface area contributed by atoms with Crippen LogP contribution in [0.25, 0.3) is 0 Å². The van der Waals surface area contributed by atoms with Gasteiger partial charge in [-0.05, 0) is 6.07 Å². The summed E-state index contributed by atoms with van der Waals surface area (Å²) in [5.41, 5.74) is 0.210. The van der Waals surface area contributed by atoms with Crippen LogP contribution in [0.3, 0.4) is 0 Å². The summed E-state index contributed by atoms with van der Waals surface area (Å²) in [4.78, 5) is 20.5. The van der Waals surface area contributed by atoms with Crippen molar-refractivity contribution in [1.82, 2.24) is 0 Å². The second kappa shape index (κ2) is 7.17. The second-order valence-corrected chi connectivity index (χ2v) is 3.51. The molecule has 19 heavy (non-hydrogen) atoms. The maximum atomic E-state index is 10.8. The highest BCUT2D eigenvalue weighted by Crippen LogP contribution is 2.28. The molecule has 0 aromatic heterocycles. The monoisotopic (exact) mass is 270 g/mol. The molecule has 0 amide bonds. The molecule has 0 saturated carbocycles. The molecule has 0 bridgehead atoms. The molecule has 1 aromatic rings. The van der Waals surface area contributed by atoms with Crippen LogP contribution in [0.15, 0.2) is 18.2 Å². The Morgan fingerprint density at radius 3 is 2.84 bits per heavy atom. The van der Waals surface area contributed by atoms with Crippen molar-refractivity contribution in [2.75, 3.05) is 32.2 Å². The Morgan fingerprint density at radius 1 is 1.53 bits per heavy atom. The van der Waals surface area contributed by atoms with Gasteiger partial charge in [0, 0.05) is 18.7 Å². The fourth-order valence-electron chi connectivity index (χ4n) is 1.36. The number of benzene rings is 1. The number of ether oxygens (including phenoxy) is 2. The van der Waals surface area contributed by atoms with Crippen LogP contribution in [-0.2, 0) is 9.53 Å². The van der Waals surface area contributed by atoms with Gasteiger partial charge in [-0.1, -0.05) is 0 Å². The molecule has 104 valence electrons. The minimum absolute atomic E-state index is 0.0842. The normalized spacial score (nSPS) is 9.95. The number of carboxylic acids is 1. The third kappa shape index (κ3) is 4.80. The summed E-state index contributed by atoms with van der Waals surface area (Å²) in [6.45, 7) is -0.0240. The van der Waals surface area contributed by atoms with E-state index >= 15 is 0 Å². The molecule has 8 nitrogen and oxygen atoms in total. The number of nitrogens with one attached hydrogen (secondary N) is 1. The van der Waals surface area contributed by atoms with Crippen molar-refractivity contribution in [2.24, 2.45) is 0 Å². The van der Waals surface area contributed by atoms with Crippen molar-refractivity contribution in [3.05, 3.63) is 28.3 Å². The minimum Gasteiger partial charge on any atom is -0.497 e. The van der Waals surface area contributed by atoms with E-state index in [2.05, 4.69) is 5.32 Å². The molecule has 1 rings (SSSR count). The number of carboxylic acid groups (broad SMARTS) is 1. The van der Waals surface area contributed by atoms with Crippen molar-refractivity contribution in [3.8, 4) is 5.75 Å². The number of nitrogens with zero attached hydrogens (tertiary/aromatic N) is 1. The number of hydrogen-bond donors (Lipinski definition) is 2. The Balaban J connectivity index is 2.59. The van der Waals surface area contributed by atoms with Crippen LogP contribution in [0.2, 0.25) is 0 Å².